The molecule has 2 aliphatic carbocycles. The van der Waals surface area contributed by atoms with Crippen LogP contribution >= 0.6 is 0 Å². The largest absolute Gasteiger partial charge is 0.374 e. The number of hydrogen-bond donors (Lipinski definition) is 0. The topological polar surface area (TPSA) is 79.6 Å². The maximum atomic E-state index is 13.1. The Bertz CT molecular complexity index is 1090. The molecule has 4 heterocycles. The third kappa shape index (κ3) is 3.92. The van der Waals surface area contributed by atoms with E-state index in [9.17, 15) is 8.78 Å². The third-order valence-corrected chi connectivity index (χ3v) is 7.50. The van der Waals surface area contributed by atoms with Crippen molar-refractivity contribution in [2.24, 2.45) is 16.9 Å². The predicted molar refractivity (Wildman–Crippen MR) is 120 cm³/mol. The Balaban J connectivity index is 1.28. The molecule has 2 aromatic heterocycles. The molecule has 33 heavy (non-hydrogen) atoms. The molecule has 4 aliphatic rings. The Hall–Kier alpha value is -2.49. The van der Waals surface area contributed by atoms with Crippen LogP contribution in [-0.4, -0.2) is 76.0 Å². The molecule has 2 aromatic rings. The molecule has 0 aromatic carbocycles. The van der Waals surface area contributed by atoms with Crippen LogP contribution in [0.2, 0.25) is 0 Å². The van der Waals surface area contributed by atoms with E-state index in [0.29, 0.717) is 55.7 Å². The number of rotatable bonds is 5. The fraction of sp³-hybridized carbons (Fsp3) is 0.696. The van der Waals surface area contributed by atoms with Crippen LogP contribution in [0.4, 0.5) is 14.7 Å². The standard InChI is InChI=1S/C23H29F2N7O/c1-12-13(2)28-22-20(27-12)19(14-7-15(8-14)21(24)25)29-23(30-22)31-5-6-33-18(11-31)16-9-26-32(10-16)17-3-4-17/h9,14-18,21H,3-8,10-11H2,1-2H3/t14?,15?,16?,18-/m0/s1. The third-order valence-electron chi connectivity index (χ3n) is 7.50. The molecule has 0 spiro atoms. The normalized spacial score (nSPS) is 29.8. The Kier molecular flexibility index (Phi) is 5.15. The summed E-state index contributed by atoms with van der Waals surface area (Å²) in [6, 6.07) is 0.599. The number of ether oxygens (including phenoxy) is 1. The molecule has 6 rings (SSSR count). The molecular formula is C23H29F2N7O. The second-order valence-electron chi connectivity index (χ2n) is 9.88. The number of aromatic nitrogens is 4. The van der Waals surface area contributed by atoms with Gasteiger partial charge in [0, 0.05) is 49.6 Å². The van der Waals surface area contributed by atoms with E-state index in [-0.39, 0.29) is 17.9 Å². The Morgan fingerprint density at radius 2 is 1.82 bits per heavy atom. The molecule has 1 saturated heterocycles. The van der Waals surface area contributed by atoms with E-state index in [1.165, 1.54) is 12.8 Å². The average Bonchev–Trinajstić information content (AvgIpc) is 3.50. The van der Waals surface area contributed by atoms with Gasteiger partial charge in [-0.3, -0.25) is 5.01 Å². The van der Waals surface area contributed by atoms with Crippen LogP contribution < -0.4 is 4.90 Å². The van der Waals surface area contributed by atoms with E-state index in [2.05, 4.69) is 20.0 Å². The molecule has 2 aliphatic heterocycles. The smallest absolute Gasteiger partial charge is 0.241 e. The summed E-state index contributed by atoms with van der Waals surface area (Å²) >= 11 is 0. The van der Waals surface area contributed by atoms with Gasteiger partial charge in [-0.25, -0.2) is 23.7 Å². The van der Waals surface area contributed by atoms with Crippen LogP contribution in [0.1, 0.15) is 48.7 Å². The van der Waals surface area contributed by atoms with Gasteiger partial charge in [-0.2, -0.15) is 10.1 Å². The van der Waals surface area contributed by atoms with Crippen LogP contribution in [0.3, 0.4) is 0 Å². The van der Waals surface area contributed by atoms with Crippen molar-refractivity contribution in [3.05, 3.63) is 17.1 Å². The van der Waals surface area contributed by atoms with Gasteiger partial charge in [-0.05, 0) is 39.5 Å². The quantitative estimate of drug-likeness (QED) is 0.683. The first kappa shape index (κ1) is 21.1. The second kappa shape index (κ2) is 8.07. The van der Waals surface area contributed by atoms with Crippen LogP contribution in [0, 0.1) is 25.7 Å². The highest BCUT2D eigenvalue weighted by atomic mass is 19.3. The number of halogens is 2. The summed E-state index contributed by atoms with van der Waals surface area (Å²) in [4.78, 5) is 21.2. The van der Waals surface area contributed by atoms with Crippen molar-refractivity contribution in [2.45, 2.75) is 64.0 Å². The van der Waals surface area contributed by atoms with Crippen molar-refractivity contribution in [3.8, 4) is 0 Å². The molecule has 0 bridgehead atoms. The monoisotopic (exact) mass is 457 g/mol. The first-order valence-electron chi connectivity index (χ1n) is 11.9. The van der Waals surface area contributed by atoms with Gasteiger partial charge in [-0.15, -0.1) is 0 Å². The molecule has 10 heteroatoms. The lowest BCUT2D eigenvalue weighted by Crippen LogP contribution is -2.48. The van der Waals surface area contributed by atoms with Crippen molar-refractivity contribution < 1.29 is 13.5 Å². The van der Waals surface area contributed by atoms with Gasteiger partial charge in [0.2, 0.25) is 12.4 Å². The number of anilines is 1. The van der Waals surface area contributed by atoms with Gasteiger partial charge in [-0.1, -0.05) is 0 Å². The highest BCUT2D eigenvalue weighted by molar-refractivity contribution is 5.75. The van der Waals surface area contributed by atoms with Crippen LogP contribution in [0.5, 0.6) is 0 Å². The van der Waals surface area contributed by atoms with E-state index in [0.717, 1.165) is 23.6 Å². The molecule has 0 N–H and O–H groups in total. The summed E-state index contributed by atoms with van der Waals surface area (Å²) in [5.41, 5.74) is 3.58. The van der Waals surface area contributed by atoms with E-state index < -0.39 is 12.3 Å². The molecular weight excluding hydrogens is 428 g/mol. The number of alkyl halides is 2. The number of aryl methyl sites for hydroxylation is 2. The molecule has 1 unspecified atom stereocenters. The minimum atomic E-state index is -2.29. The van der Waals surface area contributed by atoms with E-state index in [4.69, 9.17) is 19.7 Å². The molecule has 176 valence electrons. The highest BCUT2D eigenvalue weighted by Gasteiger charge is 2.40. The van der Waals surface area contributed by atoms with E-state index >= 15 is 0 Å². The maximum absolute atomic E-state index is 13.1. The minimum Gasteiger partial charge on any atom is -0.374 e. The van der Waals surface area contributed by atoms with Crippen LogP contribution in [0.25, 0.3) is 11.2 Å². The van der Waals surface area contributed by atoms with Gasteiger partial charge in [0.1, 0.15) is 5.52 Å². The first-order chi connectivity index (χ1) is 16.0. The van der Waals surface area contributed by atoms with Gasteiger partial charge in [0.15, 0.2) is 5.65 Å². The van der Waals surface area contributed by atoms with Crippen molar-refractivity contribution >= 4 is 23.3 Å². The fourth-order valence-corrected chi connectivity index (χ4v) is 5.07. The Morgan fingerprint density at radius 3 is 2.58 bits per heavy atom. The second-order valence-corrected chi connectivity index (χ2v) is 9.88. The van der Waals surface area contributed by atoms with Crippen LogP contribution in [-0.2, 0) is 4.74 Å². The fourth-order valence-electron chi connectivity index (χ4n) is 5.07. The molecule has 2 saturated carbocycles. The number of nitrogens with zero attached hydrogens (tertiary/aromatic N) is 7. The number of morpholine rings is 1. The van der Waals surface area contributed by atoms with Gasteiger partial charge < -0.3 is 9.64 Å². The highest BCUT2D eigenvalue weighted by Crippen LogP contribution is 2.45. The molecule has 0 radical (unpaired) electrons. The van der Waals surface area contributed by atoms with Crippen molar-refractivity contribution in [3.63, 3.8) is 0 Å². The Labute approximate surface area is 191 Å². The van der Waals surface area contributed by atoms with E-state index in [1.807, 2.05) is 20.1 Å². The van der Waals surface area contributed by atoms with Crippen molar-refractivity contribution in [1.82, 2.24) is 24.9 Å². The maximum Gasteiger partial charge on any atom is 0.241 e. The number of hydrogen-bond acceptors (Lipinski definition) is 8. The summed E-state index contributed by atoms with van der Waals surface area (Å²) in [6.45, 7) is 6.65. The van der Waals surface area contributed by atoms with E-state index in [1.54, 1.807) is 0 Å². The number of fused-ring (bicyclic) bond motifs is 1. The minimum absolute atomic E-state index is 0.0201. The molecule has 2 atom stereocenters. The predicted octanol–water partition coefficient (Wildman–Crippen LogP) is 3.08. The summed E-state index contributed by atoms with van der Waals surface area (Å²) in [6.07, 6.45) is 3.07. The SMILES string of the molecule is Cc1nc2nc(N3CCO[C@H](C4C=NN(C5CC5)C4)C3)nc(C3CC(C(F)F)C3)c2nc1C. The first-order valence-corrected chi connectivity index (χ1v) is 11.9. The summed E-state index contributed by atoms with van der Waals surface area (Å²) < 4.78 is 32.4. The zero-order chi connectivity index (χ0) is 22.7. The summed E-state index contributed by atoms with van der Waals surface area (Å²) in [5.74, 6) is 0.247. The number of hydrazone groups is 1. The van der Waals surface area contributed by atoms with Gasteiger partial charge >= 0.3 is 0 Å². The Morgan fingerprint density at radius 1 is 1.03 bits per heavy atom. The zero-order valence-electron chi connectivity index (χ0n) is 19.0. The summed E-state index contributed by atoms with van der Waals surface area (Å²) in [5, 5.41) is 6.78. The molecule has 0 amide bonds. The van der Waals surface area contributed by atoms with Gasteiger partial charge in [0.05, 0.1) is 29.8 Å². The molecule has 8 nitrogen and oxygen atoms in total. The lowest BCUT2D eigenvalue weighted by molar-refractivity contribution is 0.0153. The zero-order valence-corrected chi connectivity index (χ0v) is 19.0. The van der Waals surface area contributed by atoms with Crippen LogP contribution in [0.15, 0.2) is 5.10 Å². The average molecular weight is 458 g/mol. The van der Waals surface area contributed by atoms with Gasteiger partial charge in [0.25, 0.3) is 0 Å². The van der Waals surface area contributed by atoms with Crippen molar-refractivity contribution in [2.75, 3.05) is 31.1 Å². The lowest BCUT2D eigenvalue weighted by Gasteiger charge is -2.37. The summed E-state index contributed by atoms with van der Waals surface area (Å²) in [7, 11) is 0. The molecule has 3 fully saturated rings. The lowest BCUT2D eigenvalue weighted by atomic mass is 9.73. The van der Waals surface area contributed by atoms with Crippen molar-refractivity contribution in [1.29, 1.82) is 0 Å².